The van der Waals surface area contributed by atoms with Crippen LogP contribution in [0, 0.1) is 0 Å². The second kappa shape index (κ2) is 11.8. The predicted octanol–water partition coefficient (Wildman–Crippen LogP) is 13.1. The molecule has 8 aromatic carbocycles. The smallest absolute Gasteiger partial charge is 0.143 e. The molecule has 0 amide bonds. The molecule has 0 spiro atoms. The predicted molar refractivity (Wildman–Crippen MR) is 200 cm³/mol. The first-order valence-electron chi connectivity index (χ1n) is 16.4. The van der Waals surface area contributed by atoms with Gasteiger partial charge in [-0.25, -0.2) is 0 Å². The van der Waals surface area contributed by atoms with E-state index >= 15 is 0 Å². The molecule has 0 aromatic heterocycles. The minimum atomic E-state index is 0.862. The van der Waals surface area contributed by atoms with Gasteiger partial charge in [0.1, 0.15) is 11.5 Å². The molecule has 48 heavy (non-hydrogen) atoms. The van der Waals surface area contributed by atoms with Gasteiger partial charge in [-0.1, -0.05) is 146 Å². The summed E-state index contributed by atoms with van der Waals surface area (Å²) < 4.78 is 6.79. The lowest BCUT2D eigenvalue weighted by Crippen LogP contribution is -2.12. The Labute approximate surface area is 280 Å². The van der Waals surface area contributed by atoms with Crippen LogP contribution >= 0.6 is 0 Å². The highest BCUT2D eigenvalue weighted by atomic mass is 16.5. The van der Waals surface area contributed by atoms with E-state index in [1.807, 2.05) is 0 Å². The van der Waals surface area contributed by atoms with Crippen molar-refractivity contribution in [2.24, 2.45) is 0 Å². The number of para-hydroxylation sites is 1. The maximum absolute atomic E-state index is 6.79. The summed E-state index contributed by atoms with van der Waals surface area (Å²) in [4.78, 5) is 2.39. The van der Waals surface area contributed by atoms with Gasteiger partial charge in [-0.05, 0) is 75.7 Å². The number of ether oxygens (including phenoxy) is 1. The lowest BCUT2D eigenvalue weighted by Gasteiger charge is -2.32. The van der Waals surface area contributed by atoms with E-state index in [1.165, 1.54) is 27.8 Å². The Morgan fingerprint density at radius 1 is 0.354 bits per heavy atom. The van der Waals surface area contributed by atoms with Gasteiger partial charge >= 0.3 is 0 Å². The average molecular weight is 614 g/mol. The zero-order valence-electron chi connectivity index (χ0n) is 26.3. The molecule has 2 nitrogen and oxygen atoms in total. The van der Waals surface area contributed by atoms with Crippen LogP contribution in [0.5, 0.6) is 11.5 Å². The van der Waals surface area contributed by atoms with Gasteiger partial charge < -0.3 is 9.64 Å². The first kappa shape index (κ1) is 27.9. The SMILES string of the molecule is c1ccc(-c2ccc(N(c3ccc(-c4ccccc4)cc3)c3ccc4ccc(-c5ccccc5)c5c4c3-c3ccccc3O5)cc2)cc1. The number of anilines is 3. The first-order chi connectivity index (χ1) is 23.8. The van der Waals surface area contributed by atoms with E-state index in [1.54, 1.807) is 0 Å². The summed E-state index contributed by atoms with van der Waals surface area (Å²) in [5.41, 5.74) is 12.5. The molecule has 2 heteroatoms. The second-order valence-corrected chi connectivity index (χ2v) is 12.1. The maximum atomic E-state index is 6.79. The Morgan fingerprint density at radius 2 is 0.833 bits per heavy atom. The Kier molecular flexibility index (Phi) is 6.84. The fourth-order valence-corrected chi connectivity index (χ4v) is 6.95. The Morgan fingerprint density at radius 3 is 1.42 bits per heavy atom. The second-order valence-electron chi connectivity index (χ2n) is 12.1. The molecule has 1 aliphatic rings. The van der Waals surface area contributed by atoms with Crippen molar-refractivity contribution in [3.63, 3.8) is 0 Å². The highest BCUT2D eigenvalue weighted by Crippen LogP contribution is 2.55. The molecule has 9 rings (SSSR count). The molecule has 1 aliphatic heterocycles. The molecule has 8 aromatic rings. The monoisotopic (exact) mass is 613 g/mol. The normalized spacial score (nSPS) is 11.5. The Balaban J connectivity index is 1.29. The van der Waals surface area contributed by atoms with Gasteiger partial charge in [0, 0.05) is 33.5 Å². The molecule has 0 atom stereocenters. The lowest BCUT2D eigenvalue weighted by atomic mass is 9.89. The topological polar surface area (TPSA) is 12.5 Å². The van der Waals surface area contributed by atoms with Crippen LogP contribution in [0.3, 0.4) is 0 Å². The summed E-state index contributed by atoms with van der Waals surface area (Å²) in [6.45, 7) is 0. The van der Waals surface area contributed by atoms with Gasteiger partial charge in [-0.3, -0.25) is 0 Å². The molecular formula is C46H31NO. The standard InChI is InChI=1S/C46H31NO/c1-4-12-32(13-5-1)34-20-26-38(27-21-34)47(39-28-22-35(23-29-39)33-14-6-2-7-15-33)42-31-25-37-24-30-40(36-16-8-3-9-17-36)46-44(37)45(42)41-18-10-11-19-43(41)48-46/h1-31H. The van der Waals surface area contributed by atoms with Gasteiger partial charge in [-0.2, -0.15) is 0 Å². The highest BCUT2D eigenvalue weighted by molar-refractivity contribution is 6.13. The molecular weight excluding hydrogens is 583 g/mol. The van der Waals surface area contributed by atoms with Crippen molar-refractivity contribution in [1.82, 2.24) is 0 Å². The lowest BCUT2D eigenvalue weighted by molar-refractivity contribution is 0.489. The number of nitrogens with zero attached hydrogens (tertiary/aromatic N) is 1. The quantitative estimate of drug-likeness (QED) is 0.185. The molecule has 0 radical (unpaired) electrons. The van der Waals surface area contributed by atoms with Crippen molar-refractivity contribution >= 4 is 27.8 Å². The minimum absolute atomic E-state index is 0.862. The maximum Gasteiger partial charge on any atom is 0.143 e. The van der Waals surface area contributed by atoms with Gasteiger partial charge in [0.25, 0.3) is 0 Å². The number of hydrogen-bond acceptors (Lipinski definition) is 2. The van der Waals surface area contributed by atoms with Gasteiger partial charge in [0.15, 0.2) is 0 Å². The molecule has 0 unspecified atom stereocenters. The van der Waals surface area contributed by atoms with Crippen molar-refractivity contribution < 1.29 is 4.74 Å². The molecule has 0 bridgehead atoms. The molecule has 1 heterocycles. The zero-order chi connectivity index (χ0) is 31.9. The fraction of sp³-hybridized carbons (Fsp3) is 0. The number of benzene rings is 8. The van der Waals surface area contributed by atoms with Gasteiger partial charge in [0.05, 0.1) is 5.69 Å². The van der Waals surface area contributed by atoms with Gasteiger partial charge in [0.2, 0.25) is 0 Å². The summed E-state index contributed by atoms with van der Waals surface area (Å²) in [7, 11) is 0. The van der Waals surface area contributed by atoms with Crippen LogP contribution in [-0.2, 0) is 0 Å². The van der Waals surface area contributed by atoms with Crippen molar-refractivity contribution in [3.05, 3.63) is 188 Å². The first-order valence-corrected chi connectivity index (χ1v) is 16.4. The van der Waals surface area contributed by atoms with E-state index in [0.29, 0.717) is 0 Å². The third-order valence-corrected chi connectivity index (χ3v) is 9.28. The Hall–Kier alpha value is -6.38. The summed E-state index contributed by atoms with van der Waals surface area (Å²) >= 11 is 0. The van der Waals surface area contributed by atoms with E-state index in [9.17, 15) is 0 Å². The van der Waals surface area contributed by atoms with E-state index in [-0.39, 0.29) is 0 Å². The minimum Gasteiger partial charge on any atom is -0.455 e. The summed E-state index contributed by atoms with van der Waals surface area (Å²) in [5, 5.41) is 2.27. The fourth-order valence-electron chi connectivity index (χ4n) is 6.95. The van der Waals surface area contributed by atoms with Crippen LogP contribution in [0.1, 0.15) is 0 Å². The average Bonchev–Trinajstić information content (AvgIpc) is 3.17. The van der Waals surface area contributed by atoms with Crippen molar-refractivity contribution in [1.29, 1.82) is 0 Å². The highest BCUT2D eigenvalue weighted by Gasteiger charge is 2.28. The van der Waals surface area contributed by atoms with Gasteiger partial charge in [-0.15, -0.1) is 0 Å². The van der Waals surface area contributed by atoms with Crippen molar-refractivity contribution in [2.45, 2.75) is 0 Å². The van der Waals surface area contributed by atoms with E-state index in [0.717, 1.165) is 56.0 Å². The third-order valence-electron chi connectivity index (χ3n) is 9.28. The molecule has 0 saturated carbocycles. The van der Waals surface area contributed by atoms with Crippen LogP contribution in [0.4, 0.5) is 17.1 Å². The largest absolute Gasteiger partial charge is 0.455 e. The van der Waals surface area contributed by atoms with Crippen LogP contribution in [-0.4, -0.2) is 0 Å². The third kappa shape index (κ3) is 4.83. The van der Waals surface area contributed by atoms with Crippen LogP contribution < -0.4 is 9.64 Å². The summed E-state index contributed by atoms with van der Waals surface area (Å²) in [6.07, 6.45) is 0. The van der Waals surface area contributed by atoms with E-state index < -0.39 is 0 Å². The summed E-state index contributed by atoms with van der Waals surface area (Å²) in [5.74, 6) is 1.76. The van der Waals surface area contributed by atoms with Crippen LogP contribution in [0.2, 0.25) is 0 Å². The van der Waals surface area contributed by atoms with E-state index in [2.05, 4.69) is 193 Å². The van der Waals surface area contributed by atoms with Crippen molar-refractivity contribution in [3.8, 4) is 56.0 Å². The molecule has 0 aliphatic carbocycles. The van der Waals surface area contributed by atoms with Crippen LogP contribution in [0.15, 0.2) is 188 Å². The molecule has 226 valence electrons. The molecule has 0 N–H and O–H groups in total. The number of fused-ring (bicyclic) bond motifs is 2. The number of hydrogen-bond donors (Lipinski definition) is 0. The Bertz CT molecular complexity index is 2300. The molecule has 0 fully saturated rings. The van der Waals surface area contributed by atoms with Crippen molar-refractivity contribution in [2.75, 3.05) is 4.90 Å². The van der Waals surface area contributed by atoms with Crippen LogP contribution in [0.25, 0.3) is 55.3 Å². The summed E-state index contributed by atoms with van der Waals surface area (Å²) in [6, 6.07) is 66.8. The molecule has 0 saturated heterocycles. The zero-order valence-corrected chi connectivity index (χ0v) is 26.3. The number of rotatable bonds is 6. The van der Waals surface area contributed by atoms with E-state index in [4.69, 9.17) is 4.74 Å².